The Balaban J connectivity index is 1.70. The van der Waals surface area contributed by atoms with Crippen LogP contribution < -0.4 is 9.47 Å². The van der Waals surface area contributed by atoms with Gasteiger partial charge in [-0.3, -0.25) is 4.99 Å². The number of furan rings is 1. The second-order valence-corrected chi connectivity index (χ2v) is 7.58. The molecule has 0 saturated carbocycles. The van der Waals surface area contributed by atoms with Crippen molar-refractivity contribution in [1.82, 2.24) is 0 Å². The van der Waals surface area contributed by atoms with Gasteiger partial charge in [0.15, 0.2) is 11.3 Å². The highest BCUT2D eigenvalue weighted by Gasteiger charge is 2.20. The third-order valence-corrected chi connectivity index (χ3v) is 5.35. The average Bonchev–Trinajstić information content (AvgIpc) is 3.27. The van der Waals surface area contributed by atoms with E-state index in [2.05, 4.69) is 11.1 Å². The van der Waals surface area contributed by atoms with Gasteiger partial charge in [0.2, 0.25) is 5.75 Å². The predicted octanol–water partition coefficient (Wildman–Crippen LogP) is 6.26. The van der Waals surface area contributed by atoms with E-state index in [0.717, 1.165) is 22.2 Å². The number of nitriles is 1. The summed E-state index contributed by atoms with van der Waals surface area (Å²) in [4.78, 5) is 4.44. The highest BCUT2D eigenvalue weighted by atomic mass is 19.1. The maximum Gasteiger partial charge on any atom is 0.204 e. The summed E-state index contributed by atoms with van der Waals surface area (Å²) in [6, 6.07) is 21.9. The van der Waals surface area contributed by atoms with Gasteiger partial charge in [0, 0.05) is 18.0 Å². The lowest BCUT2D eigenvalue weighted by molar-refractivity contribution is 0.352. The summed E-state index contributed by atoms with van der Waals surface area (Å²) >= 11 is 0. The molecule has 33 heavy (non-hydrogen) atoms. The fourth-order valence-corrected chi connectivity index (χ4v) is 3.73. The molecular weight excluding hydrogens is 419 g/mol. The zero-order valence-electron chi connectivity index (χ0n) is 18.4. The average molecular weight is 442 g/mol. The summed E-state index contributed by atoms with van der Waals surface area (Å²) in [5, 5.41) is 10.6. The Kier molecular flexibility index (Phi) is 6.70. The van der Waals surface area contributed by atoms with Crippen molar-refractivity contribution >= 4 is 22.9 Å². The van der Waals surface area contributed by atoms with Crippen molar-refractivity contribution in [2.45, 2.75) is 12.8 Å². The van der Waals surface area contributed by atoms with Gasteiger partial charge in [-0.1, -0.05) is 30.3 Å². The Bertz CT molecular complexity index is 1310. The lowest BCUT2D eigenvalue weighted by Crippen LogP contribution is -2.04. The molecule has 1 heterocycles. The van der Waals surface area contributed by atoms with Gasteiger partial charge in [-0.25, -0.2) is 4.39 Å². The van der Waals surface area contributed by atoms with E-state index in [1.54, 1.807) is 32.6 Å². The predicted molar refractivity (Wildman–Crippen MR) is 126 cm³/mol. The molecule has 0 aliphatic rings. The largest absolute Gasteiger partial charge is 0.493 e. The summed E-state index contributed by atoms with van der Waals surface area (Å²) in [6.07, 6.45) is 2.59. The van der Waals surface area contributed by atoms with Crippen molar-refractivity contribution in [3.8, 4) is 17.6 Å². The van der Waals surface area contributed by atoms with Crippen LogP contribution in [0.2, 0.25) is 0 Å². The Morgan fingerprint density at radius 1 is 1.06 bits per heavy atom. The topological polar surface area (TPSA) is 67.8 Å². The number of fused-ring (bicyclic) bond motifs is 1. The summed E-state index contributed by atoms with van der Waals surface area (Å²) in [5.74, 6) is 1.00. The van der Waals surface area contributed by atoms with Gasteiger partial charge in [0.1, 0.15) is 11.6 Å². The molecular formula is C27H23FN2O3. The third-order valence-electron chi connectivity index (χ3n) is 5.35. The van der Waals surface area contributed by atoms with E-state index < -0.39 is 5.92 Å². The van der Waals surface area contributed by atoms with Gasteiger partial charge in [-0.15, -0.1) is 0 Å². The molecule has 1 atom stereocenters. The van der Waals surface area contributed by atoms with Crippen LogP contribution in [0.4, 0.5) is 10.1 Å². The van der Waals surface area contributed by atoms with Gasteiger partial charge in [0.25, 0.3) is 0 Å². The second kappa shape index (κ2) is 10.0. The van der Waals surface area contributed by atoms with Crippen LogP contribution in [0.25, 0.3) is 11.0 Å². The zero-order chi connectivity index (χ0) is 23.2. The van der Waals surface area contributed by atoms with Crippen LogP contribution in [0.1, 0.15) is 16.9 Å². The first-order valence-corrected chi connectivity index (χ1v) is 10.5. The summed E-state index contributed by atoms with van der Waals surface area (Å²) < 4.78 is 30.5. The van der Waals surface area contributed by atoms with Gasteiger partial charge in [-0.2, -0.15) is 5.26 Å². The van der Waals surface area contributed by atoms with Crippen LogP contribution in [0.15, 0.2) is 76.1 Å². The summed E-state index contributed by atoms with van der Waals surface area (Å²) in [6.45, 7) is 0. The molecule has 0 N–H and O–H groups in total. The van der Waals surface area contributed by atoms with Crippen LogP contribution in [0.5, 0.6) is 11.5 Å². The van der Waals surface area contributed by atoms with Crippen LogP contribution in [-0.2, 0) is 12.8 Å². The first kappa shape index (κ1) is 22.1. The van der Waals surface area contributed by atoms with E-state index in [-0.39, 0.29) is 5.82 Å². The quantitative estimate of drug-likeness (QED) is 0.302. The minimum Gasteiger partial charge on any atom is -0.493 e. The number of methoxy groups -OCH3 is 2. The molecule has 0 spiro atoms. The van der Waals surface area contributed by atoms with Crippen molar-refractivity contribution in [3.05, 3.63) is 89.4 Å². The standard InChI is InChI=1S/C27H23FN2O3/c1-31-25-14-20(12-19(16-29)17-30-22-6-4-3-5-7-22)24-15-23(33-26(24)27(25)32-2)13-18-8-10-21(28)11-9-18/h3-11,14-15,17,19H,12-13H2,1-2H3. The third kappa shape index (κ3) is 5.04. The van der Waals surface area contributed by atoms with Crippen molar-refractivity contribution in [3.63, 3.8) is 0 Å². The number of halogens is 1. The Morgan fingerprint density at radius 2 is 1.82 bits per heavy atom. The zero-order valence-corrected chi connectivity index (χ0v) is 18.4. The summed E-state index contributed by atoms with van der Waals surface area (Å²) in [5.41, 5.74) is 3.16. The molecule has 166 valence electrons. The molecule has 1 unspecified atom stereocenters. The lowest BCUT2D eigenvalue weighted by Gasteiger charge is -2.12. The van der Waals surface area contributed by atoms with E-state index >= 15 is 0 Å². The molecule has 0 radical (unpaired) electrons. The van der Waals surface area contributed by atoms with E-state index in [0.29, 0.717) is 35.7 Å². The first-order chi connectivity index (χ1) is 16.1. The van der Waals surface area contributed by atoms with Crippen molar-refractivity contribution in [2.24, 2.45) is 10.9 Å². The lowest BCUT2D eigenvalue weighted by atomic mass is 9.97. The first-order valence-electron chi connectivity index (χ1n) is 10.5. The van der Waals surface area contributed by atoms with Gasteiger partial charge in [-0.05, 0) is 53.9 Å². The Morgan fingerprint density at radius 3 is 2.48 bits per heavy atom. The minimum atomic E-state index is -0.443. The van der Waals surface area contributed by atoms with Crippen LogP contribution >= 0.6 is 0 Å². The molecule has 0 fully saturated rings. The molecule has 4 aromatic rings. The van der Waals surface area contributed by atoms with Gasteiger partial charge < -0.3 is 13.9 Å². The van der Waals surface area contributed by atoms with Crippen molar-refractivity contribution < 1.29 is 18.3 Å². The van der Waals surface area contributed by atoms with Gasteiger partial charge in [0.05, 0.1) is 31.9 Å². The SMILES string of the molecule is COc1cc(CC(C#N)C=Nc2ccccc2)c2cc(Cc3ccc(F)cc3)oc2c1OC. The van der Waals surface area contributed by atoms with Crippen molar-refractivity contribution in [2.75, 3.05) is 14.2 Å². The molecule has 0 saturated heterocycles. The fraction of sp³-hybridized carbons (Fsp3) is 0.185. The number of ether oxygens (including phenoxy) is 2. The van der Waals surface area contributed by atoms with E-state index in [4.69, 9.17) is 13.9 Å². The number of hydrogen-bond acceptors (Lipinski definition) is 5. The van der Waals surface area contributed by atoms with Crippen LogP contribution in [0.3, 0.4) is 0 Å². The van der Waals surface area contributed by atoms with Crippen LogP contribution in [0, 0.1) is 23.1 Å². The molecule has 0 amide bonds. The molecule has 4 rings (SSSR count). The fourth-order valence-electron chi connectivity index (χ4n) is 3.73. The molecule has 0 bridgehead atoms. The second-order valence-electron chi connectivity index (χ2n) is 7.58. The molecule has 0 aliphatic carbocycles. The number of para-hydroxylation sites is 1. The highest BCUT2D eigenvalue weighted by Crippen LogP contribution is 2.40. The number of hydrogen-bond donors (Lipinski definition) is 0. The van der Waals surface area contributed by atoms with Crippen LogP contribution in [-0.4, -0.2) is 20.4 Å². The van der Waals surface area contributed by atoms with Crippen molar-refractivity contribution in [1.29, 1.82) is 5.26 Å². The number of aliphatic imine (C=N–C) groups is 1. The van der Waals surface area contributed by atoms with Gasteiger partial charge >= 0.3 is 0 Å². The molecule has 3 aromatic carbocycles. The number of nitrogens with zero attached hydrogens (tertiary/aromatic N) is 2. The maximum absolute atomic E-state index is 13.3. The Labute approximate surface area is 191 Å². The minimum absolute atomic E-state index is 0.281. The smallest absolute Gasteiger partial charge is 0.204 e. The maximum atomic E-state index is 13.3. The molecule has 6 heteroatoms. The van der Waals surface area contributed by atoms with E-state index in [1.807, 2.05) is 42.5 Å². The highest BCUT2D eigenvalue weighted by molar-refractivity contribution is 5.90. The van der Waals surface area contributed by atoms with E-state index in [9.17, 15) is 9.65 Å². The number of rotatable bonds is 8. The normalized spacial score (nSPS) is 12.1. The Hall–Kier alpha value is -4.11. The summed E-state index contributed by atoms with van der Waals surface area (Å²) in [7, 11) is 3.12. The molecule has 5 nitrogen and oxygen atoms in total. The monoisotopic (exact) mass is 442 g/mol. The van der Waals surface area contributed by atoms with E-state index in [1.165, 1.54) is 12.1 Å². The molecule has 0 aliphatic heterocycles. The number of benzene rings is 3. The molecule has 1 aromatic heterocycles.